The lowest BCUT2D eigenvalue weighted by molar-refractivity contribution is -0.138. The monoisotopic (exact) mass is 683 g/mol. The Kier molecular flexibility index (Phi) is 10.4. The molecular weight excluding hydrogens is 659 g/mol. The predicted molar refractivity (Wildman–Crippen MR) is 154 cm³/mol. The zero-order chi connectivity index (χ0) is 34.6. The van der Waals surface area contributed by atoms with Gasteiger partial charge in [0, 0.05) is 17.8 Å². The third-order valence-corrected chi connectivity index (χ3v) is 8.70. The van der Waals surface area contributed by atoms with Crippen LogP contribution in [-0.4, -0.2) is 36.3 Å². The summed E-state index contributed by atoms with van der Waals surface area (Å²) in [7, 11) is -4.76. The van der Waals surface area contributed by atoms with Crippen molar-refractivity contribution in [3.05, 3.63) is 131 Å². The Balaban J connectivity index is 1.77. The Bertz CT molecular complexity index is 1830. The van der Waals surface area contributed by atoms with Crippen LogP contribution in [0.3, 0.4) is 0 Å². The van der Waals surface area contributed by atoms with Gasteiger partial charge in [0.15, 0.2) is 0 Å². The first kappa shape index (κ1) is 35.1. The van der Waals surface area contributed by atoms with Crippen LogP contribution in [0, 0.1) is 5.82 Å². The molecule has 4 aromatic carbocycles. The first-order chi connectivity index (χ1) is 22.0. The van der Waals surface area contributed by atoms with Gasteiger partial charge in [0.2, 0.25) is 15.9 Å². The molecule has 2 amide bonds. The molecule has 0 saturated heterocycles. The highest BCUT2D eigenvalue weighted by Gasteiger charge is 2.36. The maximum Gasteiger partial charge on any atom is 0.416 e. The molecule has 0 aromatic heterocycles. The number of benzene rings is 4. The number of halogens is 7. The number of nitrogens with zero attached hydrogens (tertiary/aromatic N) is 2. The van der Waals surface area contributed by atoms with Crippen LogP contribution in [0.1, 0.15) is 32.6 Å². The number of hydrogen-bond acceptors (Lipinski definition) is 5. The van der Waals surface area contributed by atoms with Gasteiger partial charge in [-0.3, -0.25) is 14.8 Å². The van der Waals surface area contributed by atoms with Gasteiger partial charge in [0.25, 0.3) is 5.91 Å². The molecule has 0 atom stereocenters. The third-order valence-electron chi connectivity index (χ3n) is 6.90. The van der Waals surface area contributed by atoms with Crippen LogP contribution in [0.4, 0.5) is 36.4 Å². The van der Waals surface area contributed by atoms with Crippen molar-refractivity contribution in [2.24, 2.45) is 0 Å². The van der Waals surface area contributed by atoms with Gasteiger partial charge < -0.3 is 4.90 Å². The summed E-state index contributed by atoms with van der Waals surface area (Å²) >= 11 is 0. The number of anilines is 1. The van der Waals surface area contributed by atoms with Gasteiger partial charge in [0.1, 0.15) is 5.82 Å². The number of alkyl halides is 6. The predicted octanol–water partition coefficient (Wildman–Crippen LogP) is 6.41. The van der Waals surface area contributed by atoms with Gasteiger partial charge in [0.05, 0.1) is 29.1 Å². The van der Waals surface area contributed by atoms with Crippen molar-refractivity contribution in [3.63, 3.8) is 0 Å². The molecule has 0 fully saturated rings. The van der Waals surface area contributed by atoms with Gasteiger partial charge >= 0.3 is 12.4 Å². The van der Waals surface area contributed by atoms with Crippen molar-refractivity contribution in [2.45, 2.75) is 30.3 Å². The topological polar surface area (TPSA) is 107 Å². The number of carbonyl (C=O) groups is 2. The number of sulfonamides is 1. The minimum Gasteiger partial charge on any atom is -0.307 e. The Labute approximate surface area is 263 Å². The molecule has 0 aliphatic heterocycles. The first-order valence-corrected chi connectivity index (χ1v) is 14.9. The molecule has 0 aliphatic rings. The van der Waals surface area contributed by atoms with Crippen molar-refractivity contribution in [1.29, 1.82) is 0 Å². The number of nitrogens with one attached hydrogen (secondary N) is 1. The van der Waals surface area contributed by atoms with E-state index in [1.807, 2.05) is 0 Å². The molecule has 0 radical (unpaired) electrons. The highest BCUT2D eigenvalue weighted by atomic mass is 32.2. The molecule has 0 saturated carbocycles. The van der Waals surface area contributed by atoms with E-state index in [1.165, 1.54) is 35.8 Å². The maximum absolute atomic E-state index is 13.9. The molecule has 8 nitrogen and oxygen atoms in total. The van der Waals surface area contributed by atoms with Crippen LogP contribution < -0.4 is 10.4 Å². The fraction of sp³-hybridized carbons (Fsp3) is 0.161. The van der Waals surface area contributed by atoms with Crippen LogP contribution in [0.5, 0.6) is 0 Å². The van der Waals surface area contributed by atoms with Crippen LogP contribution in [-0.2, 0) is 40.3 Å². The molecule has 0 aliphatic carbocycles. The summed E-state index contributed by atoms with van der Waals surface area (Å²) in [4.78, 5) is 26.1. The SMILES string of the molecule is O=C(NO)c1ccc(N(Cc2ccc(C(F)(F)F)cc2)C(=O)CN(Cc2ccccc2C(F)(F)F)S(=O)(=O)c2ccc(F)cc2)cc1. The number of hydroxylamine groups is 1. The summed E-state index contributed by atoms with van der Waals surface area (Å²) in [5, 5.41) is 8.91. The van der Waals surface area contributed by atoms with Crippen LogP contribution in [0.15, 0.2) is 102 Å². The molecule has 16 heteroatoms. The minimum atomic E-state index is -4.89. The number of hydrogen-bond donors (Lipinski definition) is 2. The van der Waals surface area contributed by atoms with E-state index in [9.17, 15) is 48.7 Å². The van der Waals surface area contributed by atoms with Crippen molar-refractivity contribution in [3.8, 4) is 0 Å². The lowest BCUT2D eigenvalue weighted by Crippen LogP contribution is -2.42. The molecule has 0 bridgehead atoms. The molecule has 0 spiro atoms. The van der Waals surface area contributed by atoms with E-state index in [-0.39, 0.29) is 16.8 Å². The largest absolute Gasteiger partial charge is 0.416 e. The number of amides is 2. The summed E-state index contributed by atoms with van der Waals surface area (Å²) in [5.41, 5.74) is -1.07. The van der Waals surface area contributed by atoms with E-state index in [2.05, 4.69) is 0 Å². The van der Waals surface area contributed by atoms with Gasteiger partial charge in [-0.15, -0.1) is 0 Å². The van der Waals surface area contributed by atoms with Crippen molar-refractivity contribution in [1.82, 2.24) is 9.79 Å². The maximum atomic E-state index is 13.9. The average Bonchev–Trinajstić information content (AvgIpc) is 3.02. The normalized spacial score (nSPS) is 12.2. The molecular formula is C31H24F7N3O5S. The molecule has 47 heavy (non-hydrogen) atoms. The van der Waals surface area contributed by atoms with Gasteiger partial charge in [-0.1, -0.05) is 30.3 Å². The van der Waals surface area contributed by atoms with Crippen LogP contribution >= 0.6 is 0 Å². The second-order valence-corrected chi connectivity index (χ2v) is 12.0. The smallest absolute Gasteiger partial charge is 0.307 e. The van der Waals surface area contributed by atoms with Gasteiger partial charge in [-0.2, -0.15) is 30.6 Å². The summed E-state index contributed by atoms with van der Waals surface area (Å²) < 4.78 is 122. The zero-order valence-electron chi connectivity index (χ0n) is 23.9. The second-order valence-electron chi connectivity index (χ2n) is 10.0. The summed E-state index contributed by atoms with van der Waals surface area (Å²) in [6, 6.07) is 16.1. The van der Waals surface area contributed by atoms with E-state index in [4.69, 9.17) is 5.21 Å². The van der Waals surface area contributed by atoms with E-state index in [0.29, 0.717) is 4.31 Å². The standard InChI is InChI=1S/C31H24F7N3O5S/c32-24-11-15-26(16-12-24)47(45,46)40(18-22-3-1-2-4-27(22)31(36,37)38)19-28(42)41(25-13-7-21(8-14-25)29(43)39-44)17-20-5-9-23(10-6-20)30(33,34)35/h1-16,44H,17-19H2,(H,39,43). The first-order valence-electron chi connectivity index (χ1n) is 13.4. The van der Waals surface area contributed by atoms with E-state index in [0.717, 1.165) is 71.6 Å². The molecule has 2 N–H and O–H groups in total. The zero-order valence-corrected chi connectivity index (χ0v) is 24.7. The van der Waals surface area contributed by atoms with Crippen LogP contribution in [0.25, 0.3) is 0 Å². The van der Waals surface area contributed by atoms with E-state index in [1.54, 1.807) is 0 Å². The Morgan fingerprint density at radius 1 is 0.745 bits per heavy atom. The Morgan fingerprint density at radius 2 is 1.34 bits per heavy atom. The molecule has 0 unspecified atom stereocenters. The van der Waals surface area contributed by atoms with Gasteiger partial charge in [-0.05, 0) is 77.9 Å². The van der Waals surface area contributed by atoms with Crippen LogP contribution in [0.2, 0.25) is 0 Å². The summed E-state index contributed by atoms with van der Waals surface area (Å²) in [6.45, 7) is -2.43. The molecule has 0 heterocycles. The lowest BCUT2D eigenvalue weighted by Gasteiger charge is -2.28. The summed E-state index contributed by atoms with van der Waals surface area (Å²) in [5.74, 6) is -2.72. The number of rotatable bonds is 10. The molecule has 4 aromatic rings. The highest BCUT2D eigenvalue weighted by Crippen LogP contribution is 2.34. The quantitative estimate of drug-likeness (QED) is 0.114. The highest BCUT2D eigenvalue weighted by molar-refractivity contribution is 7.89. The Morgan fingerprint density at radius 3 is 1.89 bits per heavy atom. The average molecular weight is 684 g/mol. The van der Waals surface area contributed by atoms with Crippen molar-refractivity contribution < 1.29 is 53.9 Å². The van der Waals surface area contributed by atoms with Crippen molar-refractivity contribution in [2.75, 3.05) is 11.4 Å². The van der Waals surface area contributed by atoms with E-state index < -0.39 is 81.2 Å². The van der Waals surface area contributed by atoms with Gasteiger partial charge in [-0.25, -0.2) is 18.3 Å². The number of carbonyl (C=O) groups excluding carboxylic acids is 2. The molecule has 4 rings (SSSR count). The van der Waals surface area contributed by atoms with E-state index >= 15 is 0 Å². The Hall–Kier alpha value is -4.80. The fourth-order valence-corrected chi connectivity index (χ4v) is 5.87. The van der Waals surface area contributed by atoms with Crippen molar-refractivity contribution >= 4 is 27.5 Å². The fourth-order valence-electron chi connectivity index (χ4n) is 4.50. The minimum absolute atomic E-state index is 0.0270. The third kappa shape index (κ3) is 8.52. The second kappa shape index (κ2) is 13.9. The summed E-state index contributed by atoms with van der Waals surface area (Å²) in [6.07, 6.45) is -9.54. The molecule has 248 valence electrons. The lowest BCUT2D eigenvalue weighted by atomic mass is 10.1.